The standard InChI is InChI=1S/C7H9N3O3/c1-5(11)4-9-7(12)6(3-8)10-13-2/h4H2,1-2H3,(H,9,12)/b10-6+. The van der Waals surface area contributed by atoms with Crippen LogP contribution in [0.1, 0.15) is 6.92 Å². The Morgan fingerprint density at radius 2 is 2.23 bits per heavy atom. The molecule has 0 aliphatic carbocycles. The van der Waals surface area contributed by atoms with Gasteiger partial charge in [-0.1, -0.05) is 5.16 Å². The lowest BCUT2D eigenvalue weighted by molar-refractivity contribution is -0.120. The molecule has 0 heterocycles. The number of Topliss-reactive ketones (excluding diaryl/α,β-unsaturated/α-hetero) is 1. The first-order chi connectivity index (χ1) is 6.11. The van der Waals surface area contributed by atoms with E-state index in [4.69, 9.17) is 5.26 Å². The minimum absolute atomic E-state index is 0.122. The van der Waals surface area contributed by atoms with E-state index in [1.807, 2.05) is 0 Å². The molecule has 0 aromatic rings. The van der Waals surface area contributed by atoms with E-state index in [0.717, 1.165) is 0 Å². The van der Waals surface area contributed by atoms with Crippen molar-refractivity contribution in [3.8, 4) is 6.07 Å². The lowest BCUT2D eigenvalue weighted by Crippen LogP contribution is -2.33. The van der Waals surface area contributed by atoms with E-state index in [9.17, 15) is 9.59 Å². The zero-order valence-corrected chi connectivity index (χ0v) is 7.33. The molecule has 0 aliphatic heterocycles. The third-order valence-corrected chi connectivity index (χ3v) is 1.00. The van der Waals surface area contributed by atoms with Crippen molar-refractivity contribution in [1.82, 2.24) is 5.32 Å². The van der Waals surface area contributed by atoms with Crippen LogP contribution >= 0.6 is 0 Å². The number of nitriles is 1. The van der Waals surface area contributed by atoms with Crippen molar-refractivity contribution >= 4 is 17.4 Å². The molecule has 0 spiro atoms. The zero-order chi connectivity index (χ0) is 10.3. The highest BCUT2D eigenvalue weighted by atomic mass is 16.6. The number of nitrogens with zero attached hydrogens (tertiary/aromatic N) is 2. The Balaban J connectivity index is 4.18. The van der Waals surface area contributed by atoms with Gasteiger partial charge >= 0.3 is 0 Å². The fourth-order valence-electron chi connectivity index (χ4n) is 0.492. The molecule has 1 amide bonds. The van der Waals surface area contributed by atoms with Gasteiger partial charge in [-0.25, -0.2) is 0 Å². The molecule has 1 N–H and O–H groups in total. The number of nitrogens with one attached hydrogen (secondary N) is 1. The number of carbonyl (C=O) groups is 2. The summed E-state index contributed by atoms with van der Waals surface area (Å²) in [5.74, 6) is -0.928. The molecule has 0 aromatic carbocycles. The van der Waals surface area contributed by atoms with Crippen LogP contribution in [0, 0.1) is 11.3 Å². The van der Waals surface area contributed by atoms with Gasteiger partial charge in [0.25, 0.3) is 5.91 Å². The van der Waals surface area contributed by atoms with Gasteiger partial charge in [0.15, 0.2) is 0 Å². The summed E-state index contributed by atoms with van der Waals surface area (Å²) in [7, 11) is 1.22. The van der Waals surface area contributed by atoms with E-state index in [-0.39, 0.29) is 12.3 Å². The first kappa shape index (κ1) is 11.1. The third kappa shape index (κ3) is 4.53. The molecule has 0 unspecified atom stereocenters. The Bertz CT molecular complexity index is 277. The largest absolute Gasteiger partial charge is 0.398 e. The van der Waals surface area contributed by atoms with Crippen molar-refractivity contribution in [2.75, 3.05) is 13.7 Å². The van der Waals surface area contributed by atoms with Crippen LogP contribution < -0.4 is 5.32 Å². The highest BCUT2D eigenvalue weighted by Gasteiger charge is 2.11. The number of ketones is 1. The number of carbonyl (C=O) groups excluding carboxylic acids is 2. The number of hydrogen-bond acceptors (Lipinski definition) is 5. The molecule has 0 saturated carbocycles. The van der Waals surface area contributed by atoms with Gasteiger partial charge in [0.05, 0.1) is 6.54 Å². The molecule has 13 heavy (non-hydrogen) atoms. The third-order valence-electron chi connectivity index (χ3n) is 1.00. The molecule has 0 rings (SSSR count). The van der Waals surface area contributed by atoms with Gasteiger partial charge in [-0.15, -0.1) is 0 Å². The van der Waals surface area contributed by atoms with E-state index in [2.05, 4.69) is 15.3 Å². The topological polar surface area (TPSA) is 91.5 Å². The van der Waals surface area contributed by atoms with Gasteiger partial charge in [-0.2, -0.15) is 5.26 Å². The van der Waals surface area contributed by atoms with Crippen LogP contribution in [0.2, 0.25) is 0 Å². The molecule has 0 bridgehead atoms. The molecule has 6 nitrogen and oxygen atoms in total. The Morgan fingerprint density at radius 3 is 2.62 bits per heavy atom. The van der Waals surface area contributed by atoms with E-state index in [0.29, 0.717) is 0 Å². The van der Waals surface area contributed by atoms with Crippen molar-refractivity contribution in [2.45, 2.75) is 6.92 Å². The Labute approximate surface area is 75.2 Å². The smallest absolute Gasteiger partial charge is 0.284 e. The van der Waals surface area contributed by atoms with Crippen LogP contribution in [0.25, 0.3) is 0 Å². The summed E-state index contributed by atoms with van der Waals surface area (Å²) in [5.41, 5.74) is -0.413. The summed E-state index contributed by atoms with van der Waals surface area (Å²) in [4.78, 5) is 25.7. The SMILES string of the molecule is CO/N=C(\C#N)C(=O)NCC(C)=O. The van der Waals surface area contributed by atoms with E-state index in [1.165, 1.54) is 20.1 Å². The lowest BCUT2D eigenvalue weighted by Gasteiger charge is -1.98. The average Bonchev–Trinajstić information content (AvgIpc) is 2.10. The van der Waals surface area contributed by atoms with Crippen LogP contribution in [-0.4, -0.2) is 31.1 Å². The average molecular weight is 183 g/mol. The highest BCUT2D eigenvalue weighted by molar-refractivity contribution is 6.45. The van der Waals surface area contributed by atoms with Crippen molar-refractivity contribution in [2.24, 2.45) is 5.16 Å². The molecule has 70 valence electrons. The lowest BCUT2D eigenvalue weighted by atomic mass is 10.3. The Morgan fingerprint density at radius 1 is 1.62 bits per heavy atom. The van der Waals surface area contributed by atoms with Gasteiger partial charge < -0.3 is 10.2 Å². The first-order valence-corrected chi connectivity index (χ1v) is 3.40. The van der Waals surface area contributed by atoms with Gasteiger partial charge in [-0.3, -0.25) is 9.59 Å². The molecule has 0 aromatic heterocycles. The van der Waals surface area contributed by atoms with E-state index in [1.54, 1.807) is 0 Å². The monoisotopic (exact) mass is 183 g/mol. The summed E-state index contributed by atoms with van der Waals surface area (Å²) in [6.07, 6.45) is 0. The van der Waals surface area contributed by atoms with Crippen molar-refractivity contribution in [3.05, 3.63) is 0 Å². The summed E-state index contributed by atoms with van der Waals surface area (Å²) in [6, 6.07) is 1.53. The summed E-state index contributed by atoms with van der Waals surface area (Å²) < 4.78 is 0. The van der Waals surface area contributed by atoms with Crippen LogP contribution in [0.4, 0.5) is 0 Å². The minimum atomic E-state index is -0.723. The maximum atomic E-state index is 11.0. The van der Waals surface area contributed by atoms with Crippen LogP contribution in [-0.2, 0) is 14.4 Å². The number of oxime groups is 1. The van der Waals surface area contributed by atoms with Gasteiger partial charge in [-0.05, 0) is 6.92 Å². The second-order valence-electron chi connectivity index (χ2n) is 2.12. The first-order valence-electron chi connectivity index (χ1n) is 3.40. The summed E-state index contributed by atoms with van der Waals surface area (Å²) in [6.45, 7) is 1.20. The predicted molar refractivity (Wildman–Crippen MR) is 43.7 cm³/mol. The molecule has 0 aliphatic rings. The fraction of sp³-hybridized carbons (Fsp3) is 0.429. The maximum absolute atomic E-state index is 11.0. The molecular formula is C7H9N3O3. The van der Waals surface area contributed by atoms with Gasteiger partial charge in [0.2, 0.25) is 5.71 Å². The molecule has 0 saturated heterocycles. The Hall–Kier alpha value is -1.90. The zero-order valence-electron chi connectivity index (χ0n) is 7.33. The van der Waals surface area contributed by atoms with Crippen molar-refractivity contribution < 1.29 is 14.4 Å². The summed E-state index contributed by atoms with van der Waals surface area (Å²) in [5, 5.41) is 13.7. The van der Waals surface area contributed by atoms with Crippen LogP contribution in [0.3, 0.4) is 0 Å². The van der Waals surface area contributed by atoms with Gasteiger partial charge in [0.1, 0.15) is 19.0 Å². The number of amides is 1. The van der Waals surface area contributed by atoms with Crippen molar-refractivity contribution in [3.63, 3.8) is 0 Å². The highest BCUT2D eigenvalue weighted by Crippen LogP contribution is 1.79. The number of hydrogen-bond donors (Lipinski definition) is 1. The Kier molecular flexibility index (Phi) is 4.88. The predicted octanol–water partition coefficient (Wildman–Crippen LogP) is -0.782. The quantitative estimate of drug-likeness (QED) is 0.457. The second-order valence-corrected chi connectivity index (χ2v) is 2.12. The summed E-state index contributed by atoms with van der Waals surface area (Å²) >= 11 is 0. The van der Waals surface area contributed by atoms with Crippen LogP contribution in [0.15, 0.2) is 5.16 Å². The molecule has 0 radical (unpaired) electrons. The van der Waals surface area contributed by atoms with Gasteiger partial charge in [0, 0.05) is 0 Å². The fourth-order valence-corrected chi connectivity index (χ4v) is 0.492. The van der Waals surface area contributed by atoms with E-state index < -0.39 is 11.6 Å². The molecule has 0 fully saturated rings. The minimum Gasteiger partial charge on any atom is -0.398 e. The number of rotatable bonds is 4. The normalized spacial score (nSPS) is 10.1. The van der Waals surface area contributed by atoms with Crippen LogP contribution in [0.5, 0.6) is 0 Å². The molecular weight excluding hydrogens is 174 g/mol. The molecule has 0 atom stereocenters. The second kappa shape index (κ2) is 5.71. The maximum Gasteiger partial charge on any atom is 0.284 e. The molecule has 6 heteroatoms. The van der Waals surface area contributed by atoms with E-state index >= 15 is 0 Å². The van der Waals surface area contributed by atoms with Crippen molar-refractivity contribution in [1.29, 1.82) is 5.26 Å².